The Morgan fingerprint density at radius 2 is 2.31 bits per heavy atom. The molecule has 0 spiro atoms. The summed E-state index contributed by atoms with van der Waals surface area (Å²) in [6.45, 7) is 0. The normalized spacial score (nSPS) is 17.2. The summed E-state index contributed by atoms with van der Waals surface area (Å²) in [6.07, 6.45) is -0.0458. The zero-order chi connectivity index (χ0) is 10.0. The number of carbonyl (C=O) groups excluding carboxylic acids is 2. The quantitative estimate of drug-likeness (QED) is 0.482. The summed E-state index contributed by atoms with van der Waals surface area (Å²) in [4.78, 5) is 22.1. The number of carbonyl (C=O) groups is 2. The largest absolute Gasteiger partial charge is 0.466 e. The van der Waals surface area contributed by atoms with Crippen LogP contribution in [0.1, 0.15) is 6.42 Å². The first-order chi connectivity index (χ1) is 6.06. The molecule has 0 aromatic rings. The Balaban J connectivity index is 2.97. The molecule has 0 saturated carbocycles. The highest BCUT2D eigenvalue weighted by Crippen LogP contribution is 2.20. The molecule has 72 valence electrons. The number of methoxy groups -OCH3 is 1. The Hall–Kier alpha value is -1.23. The minimum atomic E-state index is -0.577. The van der Waals surface area contributed by atoms with Crippen LogP contribution in [0.2, 0.25) is 0 Å². The standard InChI is InChI=1S/C7H9ClN2O3/c1-10-6(8)4(7(12)13-2)3-5(11)9-10/h3H2,1-2H3,(H,9,11). The number of esters is 1. The fraction of sp³-hybridized carbons (Fsp3) is 0.429. The second-order valence-corrected chi connectivity index (χ2v) is 2.89. The molecular formula is C7H9ClN2O3. The second-order valence-electron chi connectivity index (χ2n) is 2.53. The molecule has 0 fully saturated rings. The van der Waals surface area contributed by atoms with Crippen molar-refractivity contribution >= 4 is 23.5 Å². The Morgan fingerprint density at radius 1 is 1.69 bits per heavy atom. The van der Waals surface area contributed by atoms with E-state index in [1.54, 1.807) is 7.05 Å². The van der Waals surface area contributed by atoms with Crippen LogP contribution < -0.4 is 5.43 Å². The molecule has 5 nitrogen and oxygen atoms in total. The summed E-state index contributed by atoms with van der Waals surface area (Å²) in [6, 6.07) is 0. The van der Waals surface area contributed by atoms with E-state index in [1.807, 2.05) is 0 Å². The van der Waals surface area contributed by atoms with Gasteiger partial charge in [0.25, 0.3) is 0 Å². The summed E-state index contributed by atoms with van der Waals surface area (Å²) in [5.41, 5.74) is 2.61. The molecule has 1 amide bonds. The molecule has 0 saturated heterocycles. The van der Waals surface area contributed by atoms with Crippen LogP contribution in [0.5, 0.6) is 0 Å². The van der Waals surface area contributed by atoms with E-state index in [9.17, 15) is 9.59 Å². The van der Waals surface area contributed by atoms with Gasteiger partial charge in [0, 0.05) is 7.05 Å². The van der Waals surface area contributed by atoms with Crippen molar-refractivity contribution in [3.8, 4) is 0 Å². The summed E-state index contributed by atoms with van der Waals surface area (Å²) >= 11 is 5.76. The topological polar surface area (TPSA) is 58.6 Å². The highest BCUT2D eigenvalue weighted by Gasteiger charge is 2.26. The van der Waals surface area contributed by atoms with Crippen LogP contribution in [0.15, 0.2) is 10.7 Å². The van der Waals surface area contributed by atoms with Crippen molar-refractivity contribution in [2.75, 3.05) is 14.2 Å². The molecule has 0 atom stereocenters. The van der Waals surface area contributed by atoms with Gasteiger partial charge < -0.3 is 4.74 Å². The summed E-state index contributed by atoms with van der Waals surface area (Å²) in [7, 11) is 2.79. The van der Waals surface area contributed by atoms with Crippen molar-refractivity contribution in [2.45, 2.75) is 6.42 Å². The second kappa shape index (κ2) is 3.66. The summed E-state index contributed by atoms with van der Waals surface area (Å²) in [5.74, 6) is -0.862. The first-order valence-electron chi connectivity index (χ1n) is 3.56. The smallest absolute Gasteiger partial charge is 0.337 e. The lowest BCUT2D eigenvalue weighted by Gasteiger charge is -2.25. The molecule has 0 unspecified atom stereocenters. The van der Waals surface area contributed by atoms with Crippen LogP contribution in [0, 0.1) is 0 Å². The van der Waals surface area contributed by atoms with E-state index in [0.29, 0.717) is 0 Å². The maximum Gasteiger partial charge on any atom is 0.337 e. The van der Waals surface area contributed by atoms with Crippen LogP contribution in [0.25, 0.3) is 0 Å². The lowest BCUT2D eigenvalue weighted by atomic mass is 10.2. The van der Waals surface area contributed by atoms with E-state index in [1.165, 1.54) is 12.1 Å². The van der Waals surface area contributed by atoms with Gasteiger partial charge in [0.2, 0.25) is 5.91 Å². The maximum atomic E-state index is 11.1. The van der Waals surface area contributed by atoms with Crippen molar-refractivity contribution in [3.05, 3.63) is 10.7 Å². The number of rotatable bonds is 1. The van der Waals surface area contributed by atoms with Crippen LogP contribution in [-0.2, 0) is 14.3 Å². The van der Waals surface area contributed by atoms with E-state index >= 15 is 0 Å². The average molecular weight is 205 g/mol. The highest BCUT2D eigenvalue weighted by atomic mass is 35.5. The number of nitrogens with one attached hydrogen (secondary N) is 1. The first kappa shape index (κ1) is 9.85. The number of amides is 1. The fourth-order valence-corrected chi connectivity index (χ4v) is 1.18. The average Bonchev–Trinajstić information content (AvgIpc) is 2.10. The number of hydrogen-bond acceptors (Lipinski definition) is 4. The minimum absolute atomic E-state index is 0.0458. The van der Waals surface area contributed by atoms with Crippen molar-refractivity contribution in [2.24, 2.45) is 0 Å². The van der Waals surface area contributed by atoms with Crippen molar-refractivity contribution in [1.82, 2.24) is 10.4 Å². The first-order valence-corrected chi connectivity index (χ1v) is 3.94. The van der Waals surface area contributed by atoms with Crippen LogP contribution in [-0.4, -0.2) is 31.0 Å². The van der Waals surface area contributed by atoms with Crippen LogP contribution in [0.3, 0.4) is 0 Å². The molecule has 0 aromatic heterocycles. The van der Waals surface area contributed by atoms with Crippen molar-refractivity contribution in [3.63, 3.8) is 0 Å². The lowest BCUT2D eigenvalue weighted by Crippen LogP contribution is -2.42. The lowest BCUT2D eigenvalue weighted by molar-refractivity contribution is -0.138. The van der Waals surface area contributed by atoms with Gasteiger partial charge >= 0.3 is 5.97 Å². The third-order valence-electron chi connectivity index (χ3n) is 1.61. The Morgan fingerprint density at radius 3 is 2.85 bits per heavy atom. The minimum Gasteiger partial charge on any atom is -0.466 e. The number of ether oxygens (including phenoxy) is 1. The molecule has 13 heavy (non-hydrogen) atoms. The van der Waals surface area contributed by atoms with Gasteiger partial charge in [0.05, 0.1) is 19.1 Å². The molecule has 6 heteroatoms. The predicted octanol–water partition coefficient (Wildman–Crippen LogP) is -0.0235. The van der Waals surface area contributed by atoms with Crippen molar-refractivity contribution in [1.29, 1.82) is 0 Å². The third kappa shape index (κ3) is 1.92. The molecule has 0 bridgehead atoms. The van der Waals surface area contributed by atoms with E-state index in [4.69, 9.17) is 11.6 Å². The van der Waals surface area contributed by atoms with Crippen molar-refractivity contribution < 1.29 is 14.3 Å². The van der Waals surface area contributed by atoms with Gasteiger partial charge in [-0.1, -0.05) is 11.6 Å². The van der Waals surface area contributed by atoms with Gasteiger partial charge in [-0.05, 0) is 0 Å². The van der Waals surface area contributed by atoms with Gasteiger partial charge in [0.15, 0.2) is 0 Å². The molecule has 1 aliphatic rings. The van der Waals surface area contributed by atoms with Gasteiger partial charge in [-0.15, -0.1) is 0 Å². The Labute approximate surface area is 80.3 Å². The number of halogens is 1. The molecule has 1 heterocycles. The zero-order valence-electron chi connectivity index (χ0n) is 7.26. The molecule has 1 rings (SSSR count). The Bertz CT molecular complexity index is 287. The SMILES string of the molecule is COC(=O)C1=C(Cl)N(C)NC(=O)C1. The number of hydrogen-bond donors (Lipinski definition) is 1. The monoisotopic (exact) mass is 204 g/mol. The predicted molar refractivity (Wildman–Crippen MR) is 45.4 cm³/mol. The van der Waals surface area contributed by atoms with E-state index in [0.717, 1.165) is 0 Å². The van der Waals surface area contributed by atoms with Crippen LogP contribution >= 0.6 is 11.6 Å². The summed E-state index contributed by atoms with van der Waals surface area (Å²) < 4.78 is 4.47. The molecule has 1 N–H and O–H groups in total. The molecule has 0 aliphatic carbocycles. The van der Waals surface area contributed by atoms with E-state index in [-0.39, 0.29) is 23.1 Å². The maximum absolute atomic E-state index is 11.1. The van der Waals surface area contributed by atoms with E-state index in [2.05, 4.69) is 10.2 Å². The highest BCUT2D eigenvalue weighted by molar-refractivity contribution is 6.31. The van der Waals surface area contributed by atoms with Crippen LogP contribution in [0.4, 0.5) is 0 Å². The molecule has 0 radical (unpaired) electrons. The third-order valence-corrected chi connectivity index (χ3v) is 2.09. The van der Waals surface area contributed by atoms with Gasteiger partial charge in [0.1, 0.15) is 5.16 Å². The Kier molecular flexibility index (Phi) is 2.77. The molecule has 0 aromatic carbocycles. The number of hydrazine groups is 1. The van der Waals surface area contributed by atoms with E-state index < -0.39 is 5.97 Å². The van der Waals surface area contributed by atoms with Gasteiger partial charge in [-0.3, -0.25) is 15.2 Å². The fourth-order valence-electron chi connectivity index (χ4n) is 0.991. The zero-order valence-corrected chi connectivity index (χ0v) is 8.01. The molecular weight excluding hydrogens is 196 g/mol. The number of nitrogens with zero attached hydrogens (tertiary/aromatic N) is 1. The van der Waals surface area contributed by atoms with Gasteiger partial charge in [-0.25, -0.2) is 4.79 Å². The molecule has 1 aliphatic heterocycles. The summed E-state index contributed by atoms with van der Waals surface area (Å²) in [5, 5.41) is 1.46. The van der Waals surface area contributed by atoms with Gasteiger partial charge in [-0.2, -0.15) is 0 Å².